The first-order valence-electron chi connectivity index (χ1n) is 7.79. The van der Waals surface area contributed by atoms with Crippen molar-refractivity contribution in [3.8, 4) is 0 Å². The molecule has 0 amide bonds. The number of anilines is 2. The predicted octanol–water partition coefficient (Wildman–Crippen LogP) is 2.13. The first kappa shape index (κ1) is 13.9. The maximum atomic E-state index is 4.49. The Hall–Kier alpha value is -1.76. The maximum Gasteiger partial charge on any atom is 0.225 e. The molecule has 1 spiro atoms. The third-order valence-corrected chi connectivity index (χ3v) is 5.52. The van der Waals surface area contributed by atoms with Gasteiger partial charge in [0.15, 0.2) is 0 Å². The summed E-state index contributed by atoms with van der Waals surface area (Å²) in [6.07, 6.45) is 7.52. The first-order valence-corrected chi connectivity index (χ1v) is 8.67. The maximum absolute atomic E-state index is 4.49. The van der Waals surface area contributed by atoms with Crippen LogP contribution < -0.4 is 9.80 Å². The van der Waals surface area contributed by atoms with Crippen LogP contribution in [0.25, 0.3) is 0 Å². The van der Waals surface area contributed by atoms with Crippen LogP contribution >= 0.6 is 11.3 Å². The molecule has 2 fully saturated rings. The molecule has 4 heterocycles. The van der Waals surface area contributed by atoms with E-state index in [0.29, 0.717) is 5.41 Å². The molecule has 0 aliphatic carbocycles. The van der Waals surface area contributed by atoms with Gasteiger partial charge in [-0.3, -0.25) is 0 Å². The Morgan fingerprint density at radius 2 is 1.91 bits per heavy atom. The van der Waals surface area contributed by atoms with Crippen molar-refractivity contribution in [2.24, 2.45) is 5.41 Å². The molecule has 0 saturated carbocycles. The van der Waals surface area contributed by atoms with Crippen LogP contribution in [0, 0.1) is 12.3 Å². The van der Waals surface area contributed by atoms with Crippen LogP contribution in [0.4, 0.5) is 11.1 Å². The molecule has 0 N–H and O–H groups in total. The summed E-state index contributed by atoms with van der Waals surface area (Å²) < 4.78 is 0. The number of hydrogen-bond acceptors (Lipinski definition) is 7. The van der Waals surface area contributed by atoms with E-state index in [1.165, 1.54) is 19.3 Å². The molecule has 2 aromatic rings. The predicted molar refractivity (Wildman–Crippen MR) is 87.4 cm³/mol. The van der Waals surface area contributed by atoms with Crippen LogP contribution in [0.5, 0.6) is 0 Å². The molecule has 2 aliphatic heterocycles. The normalized spacial score (nSPS) is 25.1. The summed E-state index contributed by atoms with van der Waals surface area (Å²) in [5, 5.41) is 9.28. The molecule has 2 saturated heterocycles. The highest BCUT2D eigenvalue weighted by Gasteiger charge is 2.42. The lowest BCUT2D eigenvalue weighted by atomic mass is 9.79. The third-order valence-electron chi connectivity index (χ3n) is 4.77. The Morgan fingerprint density at radius 3 is 2.68 bits per heavy atom. The zero-order chi connectivity index (χ0) is 15.0. The molecule has 2 aromatic heterocycles. The largest absolute Gasteiger partial charge is 0.346 e. The lowest BCUT2D eigenvalue weighted by Gasteiger charge is -2.40. The second-order valence-electron chi connectivity index (χ2n) is 6.48. The topological polar surface area (TPSA) is 58.0 Å². The van der Waals surface area contributed by atoms with Gasteiger partial charge in [-0.2, -0.15) is 0 Å². The Bertz CT molecular complexity index is 628. The molecule has 1 atom stereocenters. The quantitative estimate of drug-likeness (QED) is 0.846. The zero-order valence-corrected chi connectivity index (χ0v) is 13.6. The highest BCUT2D eigenvalue weighted by molar-refractivity contribution is 7.13. The van der Waals surface area contributed by atoms with Gasteiger partial charge in [-0.25, -0.2) is 9.97 Å². The number of piperidine rings is 1. The molecular formula is C15H20N6S. The standard InChI is InChI=1S/C15H20N6S/c1-12-7-16-13(17-8-12)20-6-4-15(9-20)3-2-5-21(10-15)14-19-18-11-22-14/h7-8,11H,2-6,9-10H2,1H3/t15-/m1/s1. The van der Waals surface area contributed by atoms with Crippen molar-refractivity contribution in [1.29, 1.82) is 0 Å². The fourth-order valence-corrected chi connectivity index (χ4v) is 4.25. The summed E-state index contributed by atoms with van der Waals surface area (Å²) in [4.78, 5) is 13.7. The average Bonchev–Trinajstić information content (AvgIpc) is 3.19. The lowest BCUT2D eigenvalue weighted by Crippen LogP contribution is -2.45. The van der Waals surface area contributed by atoms with Gasteiger partial charge in [-0.05, 0) is 31.7 Å². The molecule has 0 bridgehead atoms. The summed E-state index contributed by atoms with van der Waals surface area (Å²) in [7, 11) is 0. The van der Waals surface area contributed by atoms with Gasteiger partial charge in [-0.15, -0.1) is 10.2 Å². The van der Waals surface area contributed by atoms with Gasteiger partial charge in [0.25, 0.3) is 0 Å². The minimum absolute atomic E-state index is 0.345. The van der Waals surface area contributed by atoms with Gasteiger partial charge in [-0.1, -0.05) is 11.3 Å². The molecule has 0 radical (unpaired) electrons. The van der Waals surface area contributed by atoms with Crippen molar-refractivity contribution in [1.82, 2.24) is 20.2 Å². The summed E-state index contributed by atoms with van der Waals surface area (Å²) >= 11 is 1.64. The van der Waals surface area contributed by atoms with E-state index in [1.54, 1.807) is 11.3 Å². The number of rotatable bonds is 2. The molecule has 0 aromatic carbocycles. The average molecular weight is 316 g/mol. The van der Waals surface area contributed by atoms with Crippen molar-refractivity contribution in [3.05, 3.63) is 23.5 Å². The Labute approximate surface area is 134 Å². The van der Waals surface area contributed by atoms with Gasteiger partial charge >= 0.3 is 0 Å². The number of nitrogens with zero attached hydrogens (tertiary/aromatic N) is 6. The number of hydrogen-bond donors (Lipinski definition) is 0. The molecule has 0 unspecified atom stereocenters. The summed E-state index contributed by atoms with van der Waals surface area (Å²) in [6, 6.07) is 0. The van der Waals surface area contributed by atoms with Crippen LogP contribution in [0.3, 0.4) is 0 Å². The first-order chi connectivity index (χ1) is 10.7. The highest BCUT2D eigenvalue weighted by Crippen LogP contribution is 2.41. The second-order valence-corrected chi connectivity index (χ2v) is 7.29. The Kier molecular flexibility index (Phi) is 3.44. The van der Waals surface area contributed by atoms with Crippen molar-refractivity contribution >= 4 is 22.4 Å². The van der Waals surface area contributed by atoms with Gasteiger partial charge in [0.05, 0.1) is 0 Å². The van der Waals surface area contributed by atoms with Gasteiger partial charge < -0.3 is 9.80 Å². The Balaban J connectivity index is 1.49. The van der Waals surface area contributed by atoms with Gasteiger partial charge in [0.1, 0.15) is 5.51 Å². The van der Waals surface area contributed by atoms with Crippen molar-refractivity contribution in [2.45, 2.75) is 26.2 Å². The summed E-state index contributed by atoms with van der Waals surface area (Å²) in [6.45, 7) is 6.29. The molecule has 6 nitrogen and oxygen atoms in total. The summed E-state index contributed by atoms with van der Waals surface area (Å²) in [5.74, 6) is 0.871. The van der Waals surface area contributed by atoms with E-state index in [9.17, 15) is 0 Å². The van der Waals surface area contributed by atoms with Crippen LogP contribution in [0.15, 0.2) is 17.9 Å². The minimum Gasteiger partial charge on any atom is -0.346 e. The number of aromatic nitrogens is 4. The van der Waals surface area contributed by atoms with Crippen molar-refractivity contribution in [3.63, 3.8) is 0 Å². The SMILES string of the molecule is Cc1cnc(N2CC[C@]3(CCCN(c4nncs4)C3)C2)nc1. The Morgan fingerprint density at radius 1 is 1.09 bits per heavy atom. The van der Waals surface area contributed by atoms with Gasteiger partial charge in [0, 0.05) is 44.0 Å². The molecule has 22 heavy (non-hydrogen) atoms. The van der Waals surface area contributed by atoms with Crippen LogP contribution in [-0.4, -0.2) is 46.3 Å². The second kappa shape index (κ2) is 5.46. The van der Waals surface area contributed by atoms with Gasteiger partial charge in [0.2, 0.25) is 11.1 Å². The van der Waals surface area contributed by atoms with E-state index < -0.39 is 0 Å². The fourth-order valence-electron chi connectivity index (χ4n) is 3.66. The fraction of sp³-hybridized carbons (Fsp3) is 0.600. The van der Waals surface area contributed by atoms with Crippen LogP contribution in [0.2, 0.25) is 0 Å². The van der Waals surface area contributed by atoms with E-state index in [0.717, 1.165) is 42.8 Å². The smallest absolute Gasteiger partial charge is 0.225 e. The highest BCUT2D eigenvalue weighted by atomic mass is 32.1. The molecule has 7 heteroatoms. The third kappa shape index (κ3) is 2.54. The summed E-state index contributed by atoms with van der Waals surface area (Å²) in [5.41, 5.74) is 3.27. The van der Waals surface area contributed by atoms with E-state index in [1.807, 2.05) is 24.8 Å². The molecule has 116 valence electrons. The van der Waals surface area contributed by atoms with E-state index in [2.05, 4.69) is 30.0 Å². The molecule has 2 aliphatic rings. The van der Waals surface area contributed by atoms with E-state index in [4.69, 9.17) is 0 Å². The number of aryl methyl sites for hydroxylation is 1. The minimum atomic E-state index is 0.345. The van der Waals surface area contributed by atoms with E-state index in [-0.39, 0.29) is 0 Å². The van der Waals surface area contributed by atoms with Crippen LogP contribution in [0.1, 0.15) is 24.8 Å². The van der Waals surface area contributed by atoms with Crippen LogP contribution in [-0.2, 0) is 0 Å². The molecular weight excluding hydrogens is 296 g/mol. The monoisotopic (exact) mass is 316 g/mol. The molecule has 4 rings (SSSR count). The van der Waals surface area contributed by atoms with E-state index >= 15 is 0 Å². The van der Waals surface area contributed by atoms with Crippen molar-refractivity contribution in [2.75, 3.05) is 36.0 Å². The lowest BCUT2D eigenvalue weighted by molar-refractivity contribution is 0.263. The van der Waals surface area contributed by atoms with Crippen molar-refractivity contribution < 1.29 is 0 Å². The zero-order valence-electron chi connectivity index (χ0n) is 12.8.